The van der Waals surface area contributed by atoms with Crippen LogP contribution in [0.3, 0.4) is 0 Å². The molecule has 6 heteroatoms. The zero-order valence-corrected chi connectivity index (χ0v) is 13.1. The Morgan fingerprint density at radius 2 is 2.00 bits per heavy atom. The molecule has 0 atom stereocenters. The van der Waals surface area contributed by atoms with Gasteiger partial charge in [-0.3, -0.25) is 4.79 Å². The van der Waals surface area contributed by atoms with Gasteiger partial charge in [-0.15, -0.1) is 0 Å². The minimum Gasteiger partial charge on any atom is -0.381 e. The molecule has 0 radical (unpaired) electrons. The Labute approximate surface area is 131 Å². The number of carbonyl (C=O) groups is 1. The van der Waals surface area contributed by atoms with E-state index >= 15 is 0 Å². The summed E-state index contributed by atoms with van der Waals surface area (Å²) in [6.45, 7) is 1.30. The number of H-pyrrole nitrogens is 1. The van der Waals surface area contributed by atoms with E-state index in [0.29, 0.717) is 25.7 Å². The summed E-state index contributed by atoms with van der Waals surface area (Å²) in [4.78, 5) is 13.0. The second kappa shape index (κ2) is 7.22. The number of nitrogens with one attached hydrogen (secondary N) is 2. The molecule has 6 nitrogen and oxygen atoms in total. The van der Waals surface area contributed by atoms with E-state index in [-0.39, 0.29) is 11.3 Å². The number of carbonyl (C=O) groups excluding carboxylic acids is 1. The fourth-order valence-electron chi connectivity index (χ4n) is 3.67. The predicted octanol–water partition coefficient (Wildman–Crippen LogP) is 1.98. The predicted molar refractivity (Wildman–Crippen MR) is 82.2 cm³/mol. The summed E-state index contributed by atoms with van der Waals surface area (Å²) in [7, 11) is 0. The Balaban J connectivity index is 1.68. The smallest absolute Gasteiger partial charge is 0.227 e. The van der Waals surface area contributed by atoms with Gasteiger partial charge in [-0.2, -0.15) is 15.4 Å². The minimum atomic E-state index is -0.387. The lowest BCUT2D eigenvalue weighted by molar-refractivity contribution is -0.137. The number of nitrogens with zero attached hydrogens (tertiary/aromatic N) is 2. The molecule has 0 aromatic carbocycles. The molecule has 1 saturated heterocycles. The second-order valence-electron chi connectivity index (χ2n) is 6.69. The molecule has 1 aromatic heterocycles. The Bertz CT molecular complexity index is 461. The highest BCUT2D eigenvalue weighted by Crippen LogP contribution is 2.34. The Morgan fingerprint density at radius 1 is 1.27 bits per heavy atom. The van der Waals surface area contributed by atoms with Crippen LogP contribution in [-0.4, -0.2) is 40.6 Å². The van der Waals surface area contributed by atoms with Gasteiger partial charge in [0.2, 0.25) is 5.91 Å². The fraction of sp³-hybridized carbons (Fsp3) is 0.812. The Kier molecular flexibility index (Phi) is 5.08. The summed E-state index contributed by atoms with van der Waals surface area (Å²) in [5.74, 6) is 0.186. The largest absolute Gasteiger partial charge is 0.381 e. The maximum Gasteiger partial charge on any atom is 0.227 e. The summed E-state index contributed by atoms with van der Waals surface area (Å²) < 4.78 is 5.48. The van der Waals surface area contributed by atoms with Gasteiger partial charge in [0.1, 0.15) is 0 Å². The summed E-state index contributed by atoms with van der Waals surface area (Å²) in [6, 6.07) is 0.340. The molecule has 2 fully saturated rings. The molecule has 2 heterocycles. The van der Waals surface area contributed by atoms with Crippen LogP contribution < -0.4 is 5.32 Å². The number of ether oxygens (including phenoxy) is 1. The number of rotatable bonds is 4. The number of amides is 1. The van der Waals surface area contributed by atoms with Gasteiger partial charge in [0, 0.05) is 25.7 Å². The van der Waals surface area contributed by atoms with E-state index in [9.17, 15) is 4.79 Å². The highest BCUT2D eigenvalue weighted by Gasteiger charge is 2.41. The van der Waals surface area contributed by atoms with Gasteiger partial charge >= 0.3 is 0 Å². The number of hydrogen-bond donors (Lipinski definition) is 2. The maximum absolute atomic E-state index is 13.0. The van der Waals surface area contributed by atoms with Crippen LogP contribution in [0.15, 0.2) is 6.20 Å². The van der Waals surface area contributed by atoms with Gasteiger partial charge in [0.25, 0.3) is 0 Å². The molecule has 0 unspecified atom stereocenters. The zero-order valence-electron chi connectivity index (χ0n) is 13.1. The molecule has 1 aliphatic heterocycles. The van der Waals surface area contributed by atoms with Crippen molar-refractivity contribution in [3.63, 3.8) is 0 Å². The van der Waals surface area contributed by atoms with Gasteiger partial charge in [-0.1, -0.05) is 25.7 Å². The van der Waals surface area contributed by atoms with Crippen LogP contribution in [0.4, 0.5) is 0 Å². The van der Waals surface area contributed by atoms with Crippen LogP contribution in [0.2, 0.25) is 0 Å². The van der Waals surface area contributed by atoms with E-state index in [4.69, 9.17) is 4.74 Å². The normalized spacial score (nSPS) is 22.9. The summed E-state index contributed by atoms with van der Waals surface area (Å²) >= 11 is 0. The van der Waals surface area contributed by atoms with E-state index in [1.54, 1.807) is 6.20 Å². The summed E-state index contributed by atoms with van der Waals surface area (Å²) in [6.07, 6.45) is 11.2. The molecule has 0 spiro atoms. The highest BCUT2D eigenvalue weighted by atomic mass is 16.5. The van der Waals surface area contributed by atoms with Crippen LogP contribution in [0.25, 0.3) is 0 Å². The average Bonchev–Trinajstić information content (AvgIpc) is 2.90. The molecule has 22 heavy (non-hydrogen) atoms. The van der Waals surface area contributed by atoms with Crippen molar-refractivity contribution >= 4 is 5.91 Å². The van der Waals surface area contributed by atoms with E-state index in [1.807, 2.05) is 0 Å². The monoisotopic (exact) mass is 306 g/mol. The van der Waals surface area contributed by atoms with Gasteiger partial charge in [-0.25, -0.2) is 0 Å². The third kappa shape index (κ3) is 3.66. The Hall–Kier alpha value is -1.43. The lowest BCUT2D eigenvalue weighted by Crippen LogP contribution is -2.49. The van der Waals surface area contributed by atoms with Crippen molar-refractivity contribution in [2.24, 2.45) is 5.41 Å². The second-order valence-corrected chi connectivity index (χ2v) is 6.69. The van der Waals surface area contributed by atoms with Gasteiger partial charge in [0.15, 0.2) is 0 Å². The van der Waals surface area contributed by atoms with Crippen LogP contribution in [0.5, 0.6) is 0 Å². The average molecular weight is 306 g/mol. The first-order chi connectivity index (χ1) is 10.8. The third-order valence-electron chi connectivity index (χ3n) is 5.11. The standard InChI is InChI=1S/C16H26N4O2/c21-15(18-13-5-3-1-2-4-6-13)16(7-9-22-10-8-16)11-14-12-17-20-19-14/h12-13H,1-11H2,(H,18,21)(H,17,19,20). The molecule has 122 valence electrons. The van der Waals surface area contributed by atoms with Gasteiger partial charge in [0.05, 0.1) is 17.3 Å². The first kappa shape index (κ1) is 15.5. The molecule has 1 aromatic rings. The summed E-state index contributed by atoms with van der Waals surface area (Å²) in [5.41, 5.74) is 0.472. The highest BCUT2D eigenvalue weighted by molar-refractivity contribution is 5.83. The van der Waals surface area contributed by atoms with E-state index < -0.39 is 0 Å². The van der Waals surface area contributed by atoms with Crippen molar-refractivity contribution in [3.05, 3.63) is 11.9 Å². The number of hydrogen-bond acceptors (Lipinski definition) is 4. The topological polar surface area (TPSA) is 79.9 Å². The lowest BCUT2D eigenvalue weighted by atomic mass is 9.75. The van der Waals surface area contributed by atoms with Crippen LogP contribution >= 0.6 is 0 Å². The molecule has 3 rings (SSSR count). The molecular formula is C16H26N4O2. The molecule has 1 saturated carbocycles. The molecule has 2 aliphatic rings. The first-order valence-electron chi connectivity index (χ1n) is 8.52. The molecule has 2 N–H and O–H groups in total. The zero-order chi connectivity index (χ0) is 15.3. The van der Waals surface area contributed by atoms with Crippen molar-refractivity contribution in [2.75, 3.05) is 13.2 Å². The van der Waals surface area contributed by atoms with Crippen molar-refractivity contribution in [1.82, 2.24) is 20.7 Å². The van der Waals surface area contributed by atoms with E-state index in [1.165, 1.54) is 25.7 Å². The maximum atomic E-state index is 13.0. The molecule has 1 amide bonds. The van der Waals surface area contributed by atoms with Crippen LogP contribution in [-0.2, 0) is 16.0 Å². The van der Waals surface area contributed by atoms with Crippen LogP contribution in [0.1, 0.15) is 57.1 Å². The van der Waals surface area contributed by atoms with Crippen molar-refractivity contribution in [1.29, 1.82) is 0 Å². The fourth-order valence-corrected chi connectivity index (χ4v) is 3.67. The quantitative estimate of drug-likeness (QED) is 0.834. The van der Waals surface area contributed by atoms with Crippen molar-refractivity contribution in [2.45, 2.75) is 63.8 Å². The van der Waals surface area contributed by atoms with Gasteiger partial charge < -0.3 is 10.1 Å². The minimum absolute atomic E-state index is 0.186. The lowest BCUT2D eigenvalue weighted by Gasteiger charge is -2.36. The first-order valence-corrected chi connectivity index (χ1v) is 8.52. The SMILES string of the molecule is O=C(NC1CCCCCC1)C1(Cc2cn[nH]n2)CCOCC1. The number of aromatic amines is 1. The van der Waals surface area contributed by atoms with Crippen molar-refractivity contribution < 1.29 is 9.53 Å². The summed E-state index contributed by atoms with van der Waals surface area (Å²) in [5, 5.41) is 14.0. The molecule has 1 aliphatic carbocycles. The molecular weight excluding hydrogens is 280 g/mol. The van der Waals surface area contributed by atoms with E-state index in [2.05, 4.69) is 20.7 Å². The van der Waals surface area contributed by atoms with Crippen molar-refractivity contribution in [3.8, 4) is 0 Å². The molecule has 0 bridgehead atoms. The number of aromatic nitrogens is 3. The third-order valence-corrected chi connectivity index (χ3v) is 5.11. The van der Waals surface area contributed by atoms with Crippen LogP contribution in [0, 0.1) is 5.41 Å². The van der Waals surface area contributed by atoms with E-state index in [0.717, 1.165) is 31.4 Å². The van der Waals surface area contributed by atoms with Gasteiger partial charge in [-0.05, 0) is 25.7 Å². The Morgan fingerprint density at radius 3 is 2.64 bits per heavy atom.